The molecule has 0 spiro atoms. The van der Waals surface area contributed by atoms with Gasteiger partial charge in [-0.3, -0.25) is 4.79 Å². The van der Waals surface area contributed by atoms with E-state index in [1.807, 2.05) is 0 Å². The van der Waals surface area contributed by atoms with E-state index in [0.29, 0.717) is 27.8 Å². The van der Waals surface area contributed by atoms with Crippen LogP contribution in [0.25, 0.3) is 11.0 Å². The van der Waals surface area contributed by atoms with Crippen molar-refractivity contribution in [3.05, 3.63) is 69.6 Å². The van der Waals surface area contributed by atoms with E-state index in [4.69, 9.17) is 4.42 Å². The van der Waals surface area contributed by atoms with E-state index in [1.165, 1.54) is 26.2 Å². The van der Waals surface area contributed by atoms with Crippen LogP contribution in [0.3, 0.4) is 0 Å². The second-order valence-corrected chi connectivity index (χ2v) is 8.79. The Kier molecular flexibility index (Phi) is 5.10. The number of anilines is 1. The smallest absolute Gasteiger partial charge is 0.336 e. The molecule has 0 bridgehead atoms. The maximum absolute atomic E-state index is 12.7. The van der Waals surface area contributed by atoms with Gasteiger partial charge >= 0.3 is 5.63 Å². The normalized spacial score (nSPS) is 11.8. The zero-order chi connectivity index (χ0) is 20.6. The fourth-order valence-electron chi connectivity index (χ4n) is 2.78. The summed E-state index contributed by atoms with van der Waals surface area (Å²) in [5, 5.41) is 3.41. The zero-order valence-corrected chi connectivity index (χ0v) is 16.8. The number of sulfonamides is 1. The van der Waals surface area contributed by atoms with Crippen molar-refractivity contribution in [3.63, 3.8) is 0 Å². The lowest BCUT2D eigenvalue weighted by Gasteiger charge is -2.16. The Bertz CT molecular complexity index is 1240. The zero-order valence-electron chi connectivity index (χ0n) is 15.9. The van der Waals surface area contributed by atoms with Crippen LogP contribution in [-0.4, -0.2) is 32.7 Å². The predicted octanol–water partition coefficient (Wildman–Crippen LogP) is 2.91. The Balaban J connectivity index is 1.98. The van der Waals surface area contributed by atoms with E-state index in [9.17, 15) is 18.0 Å². The number of hydrogen-bond acceptors (Lipinski definition) is 5. The molecule has 0 aliphatic heterocycles. The number of benzene rings is 2. The molecule has 8 heteroatoms. The van der Waals surface area contributed by atoms with Crippen molar-refractivity contribution in [2.24, 2.45) is 0 Å². The van der Waals surface area contributed by atoms with Gasteiger partial charge in [0.05, 0.1) is 4.90 Å². The van der Waals surface area contributed by atoms with Crippen LogP contribution in [0, 0.1) is 13.8 Å². The molecule has 0 fully saturated rings. The molecule has 0 unspecified atom stereocenters. The summed E-state index contributed by atoms with van der Waals surface area (Å²) in [5.41, 5.74) is 2.01. The minimum Gasteiger partial charge on any atom is -0.423 e. The van der Waals surface area contributed by atoms with E-state index >= 15 is 0 Å². The summed E-state index contributed by atoms with van der Waals surface area (Å²) in [6.07, 6.45) is 0. The maximum atomic E-state index is 12.7. The van der Waals surface area contributed by atoms with Gasteiger partial charge in [0.15, 0.2) is 0 Å². The lowest BCUT2D eigenvalue weighted by atomic mass is 10.1. The average molecular weight is 400 g/mol. The largest absolute Gasteiger partial charge is 0.423 e. The number of fused-ring (bicyclic) bond motifs is 1. The molecule has 7 nitrogen and oxygen atoms in total. The van der Waals surface area contributed by atoms with E-state index in [1.54, 1.807) is 44.2 Å². The first-order valence-electron chi connectivity index (χ1n) is 8.48. The Labute approximate surface area is 162 Å². The molecule has 0 aliphatic rings. The summed E-state index contributed by atoms with van der Waals surface area (Å²) in [4.78, 5) is 24.1. The quantitative estimate of drug-likeness (QED) is 0.679. The number of carbonyl (C=O) groups is 1. The first kappa shape index (κ1) is 19.8. The molecule has 3 aromatic rings. The van der Waals surface area contributed by atoms with Crippen molar-refractivity contribution in [3.8, 4) is 0 Å². The molecule has 1 amide bonds. The van der Waals surface area contributed by atoms with Gasteiger partial charge in [-0.25, -0.2) is 17.5 Å². The highest BCUT2D eigenvalue weighted by Gasteiger charge is 2.23. The van der Waals surface area contributed by atoms with Crippen LogP contribution in [0.1, 0.15) is 21.5 Å². The Morgan fingerprint density at radius 1 is 1.04 bits per heavy atom. The third-order valence-corrected chi connectivity index (χ3v) is 6.46. The highest BCUT2D eigenvalue weighted by atomic mass is 32.2. The minimum absolute atomic E-state index is 0.0999. The standard InChI is InChI=1S/C20H20N2O5S/c1-12-9-15(11-18(13(12)2)28(25,26)22(3)4)20(24)21-16-6-7-17-14(10-16)5-8-19(23)27-17/h5-11H,1-4H3,(H,21,24). The van der Waals surface area contributed by atoms with Crippen LogP contribution < -0.4 is 10.9 Å². The summed E-state index contributed by atoms with van der Waals surface area (Å²) < 4.78 is 31.3. The molecule has 0 atom stereocenters. The molecule has 3 rings (SSSR count). The molecule has 0 radical (unpaired) electrons. The van der Waals surface area contributed by atoms with Crippen molar-refractivity contribution in [1.29, 1.82) is 0 Å². The molecule has 0 aliphatic carbocycles. The van der Waals surface area contributed by atoms with E-state index in [0.717, 1.165) is 4.31 Å². The van der Waals surface area contributed by atoms with E-state index in [2.05, 4.69) is 5.32 Å². The van der Waals surface area contributed by atoms with E-state index in [-0.39, 0.29) is 10.5 Å². The predicted molar refractivity (Wildman–Crippen MR) is 107 cm³/mol. The van der Waals surface area contributed by atoms with Crippen molar-refractivity contribution in [2.45, 2.75) is 18.7 Å². The lowest BCUT2D eigenvalue weighted by Crippen LogP contribution is -2.24. The number of hydrogen-bond donors (Lipinski definition) is 1. The molecule has 0 saturated heterocycles. The van der Waals surface area contributed by atoms with Crippen LogP contribution in [0.15, 0.2) is 56.6 Å². The molecule has 0 saturated carbocycles. The molecule has 2 aromatic carbocycles. The van der Waals surface area contributed by atoms with Crippen LogP contribution in [0.4, 0.5) is 5.69 Å². The summed E-state index contributed by atoms with van der Waals surface area (Å²) in [7, 11) is -0.783. The summed E-state index contributed by atoms with van der Waals surface area (Å²) in [5.74, 6) is -0.435. The molecule has 146 valence electrons. The summed E-state index contributed by atoms with van der Waals surface area (Å²) >= 11 is 0. The third-order valence-electron chi connectivity index (χ3n) is 4.52. The monoisotopic (exact) mass is 400 g/mol. The second-order valence-electron chi connectivity index (χ2n) is 6.66. The van der Waals surface area contributed by atoms with Gasteiger partial charge in [0.1, 0.15) is 5.58 Å². The summed E-state index contributed by atoms with van der Waals surface area (Å²) in [6, 6.07) is 10.8. The van der Waals surface area contributed by atoms with Crippen LogP contribution >= 0.6 is 0 Å². The van der Waals surface area contributed by atoms with Crippen LogP contribution in [-0.2, 0) is 10.0 Å². The van der Waals surface area contributed by atoms with Crippen LogP contribution in [0.5, 0.6) is 0 Å². The van der Waals surface area contributed by atoms with E-state index < -0.39 is 21.6 Å². The highest BCUT2D eigenvalue weighted by Crippen LogP contribution is 2.24. The van der Waals surface area contributed by atoms with Crippen molar-refractivity contribution in [1.82, 2.24) is 4.31 Å². The van der Waals surface area contributed by atoms with Gasteiger partial charge in [-0.15, -0.1) is 0 Å². The van der Waals surface area contributed by atoms with Crippen molar-refractivity contribution < 1.29 is 17.6 Å². The number of aryl methyl sites for hydroxylation is 1. The number of rotatable bonds is 4. The molecule has 1 aromatic heterocycles. The minimum atomic E-state index is -3.68. The SMILES string of the molecule is Cc1cc(C(=O)Nc2ccc3oc(=O)ccc3c2)cc(S(=O)(=O)N(C)C)c1C. The number of carbonyl (C=O) groups excluding carboxylic acids is 1. The molecule has 1 N–H and O–H groups in total. The summed E-state index contributed by atoms with van der Waals surface area (Å²) in [6.45, 7) is 3.48. The van der Waals surface area contributed by atoms with Gasteiger partial charge in [-0.1, -0.05) is 0 Å². The fourth-order valence-corrected chi connectivity index (χ4v) is 3.99. The first-order valence-corrected chi connectivity index (χ1v) is 9.92. The maximum Gasteiger partial charge on any atom is 0.336 e. The lowest BCUT2D eigenvalue weighted by molar-refractivity contribution is 0.102. The average Bonchev–Trinajstić information content (AvgIpc) is 2.63. The fraction of sp³-hybridized carbons (Fsp3) is 0.200. The number of nitrogens with zero attached hydrogens (tertiary/aromatic N) is 1. The van der Waals surface area contributed by atoms with Crippen LogP contribution in [0.2, 0.25) is 0 Å². The third kappa shape index (κ3) is 3.69. The van der Waals surface area contributed by atoms with Gasteiger partial charge in [0, 0.05) is 36.8 Å². The van der Waals surface area contributed by atoms with Crippen molar-refractivity contribution in [2.75, 3.05) is 19.4 Å². The Hall–Kier alpha value is -2.97. The number of nitrogens with one attached hydrogen (secondary N) is 1. The topological polar surface area (TPSA) is 96.7 Å². The van der Waals surface area contributed by atoms with Gasteiger partial charge < -0.3 is 9.73 Å². The van der Waals surface area contributed by atoms with Gasteiger partial charge in [0.25, 0.3) is 5.91 Å². The Morgan fingerprint density at radius 3 is 2.43 bits per heavy atom. The molecular weight excluding hydrogens is 380 g/mol. The second kappa shape index (κ2) is 7.21. The van der Waals surface area contributed by atoms with Gasteiger partial charge in [-0.05, 0) is 61.4 Å². The highest BCUT2D eigenvalue weighted by molar-refractivity contribution is 7.89. The van der Waals surface area contributed by atoms with Gasteiger partial charge in [-0.2, -0.15) is 0 Å². The number of amides is 1. The molecule has 1 heterocycles. The Morgan fingerprint density at radius 2 is 1.75 bits per heavy atom. The first-order chi connectivity index (χ1) is 13.1. The molecular formula is C20H20N2O5S. The molecule has 28 heavy (non-hydrogen) atoms. The van der Waals surface area contributed by atoms with Gasteiger partial charge in [0.2, 0.25) is 10.0 Å². The van der Waals surface area contributed by atoms with Crippen molar-refractivity contribution >= 4 is 32.6 Å².